The van der Waals surface area contributed by atoms with Crippen molar-refractivity contribution in [1.29, 1.82) is 0 Å². The van der Waals surface area contributed by atoms with Gasteiger partial charge in [0.25, 0.3) is 11.6 Å². The molecule has 0 unspecified atom stereocenters. The molecule has 0 N–H and O–H groups in total. The predicted octanol–water partition coefficient (Wildman–Crippen LogP) is 3.60. The topological polar surface area (TPSA) is 72.7 Å². The zero-order valence-electron chi connectivity index (χ0n) is 13.8. The van der Waals surface area contributed by atoms with Crippen LogP contribution in [0.4, 0.5) is 11.4 Å². The van der Waals surface area contributed by atoms with Crippen LogP contribution in [-0.4, -0.2) is 24.5 Å². The number of carbonyl (C=O) groups is 1. The summed E-state index contributed by atoms with van der Waals surface area (Å²) in [6, 6.07) is 11.9. The lowest BCUT2D eigenvalue weighted by Gasteiger charge is -2.28. The van der Waals surface area contributed by atoms with E-state index in [0.717, 1.165) is 29.8 Å². The number of rotatable bonds is 4. The van der Waals surface area contributed by atoms with E-state index in [-0.39, 0.29) is 11.6 Å². The number of aryl methyl sites for hydroxylation is 1. The Hall–Kier alpha value is -3.15. The molecular formula is C19H18N2O4. The van der Waals surface area contributed by atoms with Crippen molar-refractivity contribution in [3.63, 3.8) is 0 Å². The van der Waals surface area contributed by atoms with E-state index in [1.54, 1.807) is 30.2 Å². The first-order valence-corrected chi connectivity index (χ1v) is 7.99. The molecule has 0 aliphatic carbocycles. The highest BCUT2D eigenvalue weighted by Gasteiger charge is 2.21. The second kappa shape index (κ2) is 7.17. The first-order valence-electron chi connectivity index (χ1n) is 7.99. The standard InChI is InChI=1S/C19H18N2O4/c1-25-17-8-9-18-15(13-17)5-3-11-20(18)19(22)10-7-14-4-2-6-16(12-14)21(23)24/h2,4,6-10,12-13H,3,5,11H2,1H3/b10-7+. The average molecular weight is 338 g/mol. The minimum atomic E-state index is -0.451. The van der Waals surface area contributed by atoms with E-state index in [1.165, 1.54) is 18.2 Å². The summed E-state index contributed by atoms with van der Waals surface area (Å²) in [6.07, 6.45) is 4.85. The number of non-ortho nitro benzene ring substituents is 1. The van der Waals surface area contributed by atoms with Crippen LogP contribution in [0.3, 0.4) is 0 Å². The van der Waals surface area contributed by atoms with Gasteiger partial charge in [0, 0.05) is 30.4 Å². The summed E-state index contributed by atoms with van der Waals surface area (Å²) >= 11 is 0. The summed E-state index contributed by atoms with van der Waals surface area (Å²) in [7, 11) is 1.62. The van der Waals surface area contributed by atoms with Crippen molar-refractivity contribution >= 4 is 23.4 Å². The molecule has 0 atom stereocenters. The van der Waals surface area contributed by atoms with Gasteiger partial charge in [-0.25, -0.2) is 0 Å². The summed E-state index contributed by atoms with van der Waals surface area (Å²) in [5.41, 5.74) is 2.60. The second-order valence-corrected chi connectivity index (χ2v) is 5.77. The molecule has 0 spiro atoms. The summed E-state index contributed by atoms with van der Waals surface area (Å²) in [5, 5.41) is 10.8. The molecule has 1 aliphatic rings. The van der Waals surface area contributed by atoms with E-state index in [9.17, 15) is 14.9 Å². The number of ether oxygens (including phenoxy) is 1. The van der Waals surface area contributed by atoms with Crippen molar-refractivity contribution in [2.75, 3.05) is 18.6 Å². The molecule has 1 aliphatic heterocycles. The molecule has 0 fully saturated rings. The van der Waals surface area contributed by atoms with Gasteiger partial charge in [0.2, 0.25) is 0 Å². The van der Waals surface area contributed by atoms with Crippen molar-refractivity contribution in [1.82, 2.24) is 0 Å². The molecule has 1 amide bonds. The van der Waals surface area contributed by atoms with Crippen molar-refractivity contribution in [3.8, 4) is 5.75 Å². The van der Waals surface area contributed by atoms with Crippen LogP contribution in [0.25, 0.3) is 6.08 Å². The third-order valence-electron chi connectivity index (χ3n) is 4.17. The number of nitro benzene ring substituents is 1. The molecule has 6 heteroatoms. The molecule has 2 aromatic carbocycles. The van der Waals surface area contributed by atoms with Crippen LogP contribution in [0.5, 0.6) is 5.75 Å². The maximum Gasteiger partial charge on any atom is 0.270 e. The van der Waals surface area contributed by atoms with Gasteiger partial charge in [0.1, 0.15) is 5.75 Å². The molecule has 128 valence electrons. The van der Waals surface area contributed by atoms with E-state index in [1.807, 2.05) is 18.2 Å². The van der Waals surface area contributed by atoms with Crippen LogP contribution in [-0.2, 0) is 11.2 Å². The monoisotopic (exact) mass is 338 g/mol. The van der Waals surface area contributed by atoms with E-state index < -0.39 is 4.92 Å². The van der Waals surface area contributed by atoms with Gasteiger partial charge in [0.15, 0.2) is 0 Å². The zero-order valence-corrected chi connectivity index (χ0v) is 13.8. The van der Waals surface area contributed by atoms with Crippen LogP contribution >= 0.6 is 0 Å². The Morgan fingerprint density at radius 1 is 1.28 bits per heavy atom. The molecule has 0 radical (unpaired) electrons. The maximum atomic E-state index is 12.6. The van der Waals surface area contributed by atoms with Crippen molar-refractivity contribution in [2.24, 2.45) is 0 Å². The van der Waals surface area contributed by atoms with Gasteiger partial charge in [-0.15, -0.1) is 0 Å². The van der Waals surface area contributed by atoms with Crippen LogP contribution in [0.2, 0.25) is 0 Å². The summed E-state index contributed by atoms with van der Waals surface area (Å²) in [5.74, 6) is 0.637. The number of benzene rings is 2. The van der Waals surface area contributed by atoms with Crippen molar-refractivity contribution < 1.29 is 14.5 Å². The number of hydrogen-bond donors (Lipinski definition) is 0. The Labute approximate surface area is 145 Å². The second-order valence-electron chi connectivity index (χ2n) is 5.77. The van der Waals surface area contributed by atoms with Gasteiger partial charge in [-0.05, 0) is 48.2 Å². The number of nitrogens with zero attached hydrogens (tertiary/aromatic N) is 2. The molecule has 1 heterocycles. The molecule has 2 aromatic rings. The first-order chi connectivity index (χ1) is 12.1. The third-order valence-corrected chi connectivity index (χ3v) is 4.17. The SMILES string of the molecule is COc1ccc2c(c1)CCCN2C(=O)/C=C/c1cccc([N+](=O)[O-])c1. The van der Waals surface area contributed by atoms with E-state index in [0.29, 0.717) is 12.1 Å². The summed E-state index contributed by atoms with van der Waals surface area (Å²) < 4.78 is 5.24. The lowest BCUT2D eigenvalue weighted by atomic mass is 10.0. The van der Waals surface area contributed by atoms with Gasteiger partial charge in [-0.1, -0.05) is 12.1 Å². The molecule has 25 heavy (non-hydrogen) atoms. The number of amides is 1. The Morgan fingerprint density at radius 2 is 2.12 bits per heavy atom. The minimum Gasteiger partial charge on any atom is -0.497 e. The Morgan fingerprint density at radius 3 is 2.88 bits per heavy atom. The smallest absolute Gasteiger partial charge is 0.270 e. The Balaban J connectivity index is 1.81. The largest absolute Gasteiger partial charge is 0.497 e. The minimum absolute atomic E-state index is 0.00464. The average Bonchev–Trinajstić information content (AvgIpc) is 2.65. The van der Waals surface area contributed by atoms with Crippen LogP contribution in [0.15, 0.2) is 48.5 Å². The van der Waals surface area contributed by atoms with Crippen molar-refractivity contribution in [2.45, 2.75) is 12.8 Å². The Bertz CT molecular complexity index is 845. The number of carbonyl (C=O) groups excluding carboxylic acids is 1. The fraction of sp³-hybridized carbons (Fsp3) is 0.211. The molecule has 0 saturated heterocycles. The number of nitro groups is 1. The van der Waals surface area contributed by atoms with Gasteiger partial charge < -0.3 is 9.64 Å². The van der Waals surface area contributed by atoms with Gasteiger partial charge >= 0.3 is 0 Å². The Kier molecular flexibility index (Phi) is 4.79. The van der Waals surface area contributed by atoms with Gasteiger partial charge in [-0.2, -0.15) is 0 Å². The highest BCUT2D eigenvalue weighted by molar-refractivity contribution is 6.04. The highest BCUT2D eigenvalue weighted by atomic mass is 16.6. The third kappa shape index (κ3) is 3.68. The number of anilines is 1. The van der Waals surface area contributed by atoms with E-state index in [2.05, 4.69) is 0 Å². The summed E-state index contributed by atoms with van der Waals surface area (Å²) in [6.45, 7) is 0.650. The molecule has 3 rings (SSSR count). The van der Waals surface area contributed by atoms with Gasteiger partial charge in [-0.3, -0.25) is 14.9 Å². The number of methoxy groups -OCH3 is 1. The van der Waals surface area contributed by atoms with Gasteiger partial charge in [0.05, 0.1) is 12.0 Å². The molecule has 0 saturated carbocycles. The number of fused-ring (bicyclic) bond motifs is 1. The zero-order chi connectivity index (χ0) is 17.8. The highest BCUT2D eigenvalue weighted by Crippen LogP contribution is 2.30. The fourth-order valence-corrected chi connectivity index (χ4v) is 2.93. The van der Waals surface area contributed by atoms with E-state index >= 15 is 0 Å². The first kappa shape index (κ1) is 16.7. The van der Waals surface area contributed by atoms with Crippen LogP contribution in [0.1, 0.15) is 17.5 Å². The van der Waals surface area contributed by atoms with Crippen LogP contribution in [0, 0.1) is 10.1 Å². The molecule has 0 bridgehead atoms. The fourth-order valence-electron chi connectivity index (χ4n) is 2.93. The quantitative estimate of drug-likeness (QED) is 0.485. The van der Waals surface area contributed by atoms with Crippen LogP contribution < -0.4 is 9.64 Å². The lowest BCUT2D eigenvalue weighted by Crippen LogP contribution is -2.34. The summed E-state index contributed by atoms with van der Waals surface area (Å²) in [4.78, 5) is 24.7. The maximum absolute atomic E-state index is 12.6. The molecule has 6 nitrogen and oxygen atoms in total. The molecular weight excluding hydrogens is 320 g/mol. The lowest BCUT2D eigenvalue weighted by molar-refractivity contribution is -0.384. The predicted molar refractivity (Wildman–Crippen MR) is 95.8 cm³/mol. The normalized spacial score (nSPS) is 13.6. The number of hydrogen-bond acceptors (Lipinski definition) is 4. The van der Waals surface area contributed by atoms with Crippen molar-refractivity contribution in [3.05, 3.63) is 69.8 Å². The van der Waals surface area contributed by atoms with E-state index in [4.69, 9.17) is 4.74 Å². The molecule has 0 aromatic heterocycles.